The predicted octanol–water partition coefficient (Wildman–Crippen LogP) is 3.70. The smallest absolute Gasteiger partial charge is 0.0985 e. The van der Waals surface area contributed by atoms with Crippen LogP contribution >= 0.6 is 11.3 Å². The monoisotopic (exact) mass is 212 g/mol. The van der Waals surface area contributed by atoms with Crippen LogP contribution in [-0.4, -0.2) is 5.11 Å². The zero-order valence-corrected chi connectivity index (χ0v) is 10.3. The molecule has 0 aromatic carbocycles. The van der Waals surface area contributed by atoms with Crippen molar-refractivity contribution in [3.63, 3.8) is 0 Å². The van der Waals surface area contributed by atoms with Gasteiger partial charge in [0.25, 0.3) is 0 Å². The highest BCUT2D eigenvalue weighted by molar-refractivity contribution is 7.12. The van der Waals surface area contributed by atoms with Gasteiger partial charge in [0, 0.05) is 9.75 Å². The lowest BCUT2D eigenvalue weighted by molar-refractivity contribution is 0.00127. The molecule has 1 heterocycles. The summed E-state index contributed by atoms with van der Waals surface area (Å²) in [5.74, 6) is 0.325. The lowest BCUT2D eigenvalue weighted by atomic mass is 9.86. The van der Waals surface area contributed by atoms with Gasteiger partial charge in [-0.2, -0.15) is 0 Å². The van der Waals surface area contributed by atoms with E-state index < -0.39 is 5.60 Å². The Morgan fingerprint density at radius 3 is 2.57 bits per heavy atom. The van der Waals surface area contributed by atoms with E-state index in [-0.39, 0.29) is 0 Å². The molecule has 0 radical (unpaired) electrons. The maximum atomic E-state index is 10.4. The Kier molecular flexibility index (Phi) is 3.73. The molecule has 0 aliphatic carbocycles. The van der Waals surface area contributed by atoms with E-state index in [1.54, 1.807) is 11.3 Å². The number of aliphatic hydroxyl groups is 1. The SMILES string of the molecule is CCCC(C)C(C)(O)c1ccc(C)s1. The summed E-state index contributed by atoms with van der Waals surface area (Å²) in [7, 11) is 0. The van der Waals surface area contributed by atoms with Crippen molar-refractivity contribution in [1.82, 2.24) is 0 Å². The van der Waals surface area contributed by atoms with E-state index >= 15 is 0 Å². The van der Waals surface area contributed by atoms with Crippen molar-refractivity contribution in [2.24, 2.45) is 5.92 Å². The molecule has 1 N–H and O–H groups in total. The van der Waals surface area contributed by atoms with Crippen LogP contribution in [0, 0.1) is 12.8 Å². The summed E-state index contributed by atoms with van der Waals surface area (Å²) in [5.41, 5.74) is -0.658. The lowest BCUT2D eigenvalue weighted by Crippen LogP contribution is -2.28. The molecule has 0 bridgehead atoms. The van der Waals surface area contributed by atoms with E-state index in [0.717, 1.165) is 17.7 Å². The van der Waals surface area contributed by atoms with Gasteiger partial charge in [0.15, 0.2) is 0 Å². The third-order valence-electron chi connectivity index (χ3n) is 2.92. The number of hydrogen-bond donors (Lipinski definition) is 1. The van der Waals surface area contributed by atoms with Crippen molar-refractivity contribution >= 4 is 11.3 Å². The molecule has 1 aromatic rings. The fraction of sp³-hybridized carbons (Fsp3) is 0.667. The molecule has 0 spiro atoms. The highest BCUT2D eigenvalue weighted by Crippen LogP contribution is 2.35. The van der Waals surface area contributed by atoms with Crippen LogP contribution in [0.2, 0.25) is 0 Å². The van der Waals surface area contributed by atoms with Crippen molar-refractivity contribution in [3.05, 3.63) is 21.9 Å². The largest absolute Gasteiger partial charge is 0.384 e. The Bertz CT molecular complexity index is 288. The van der Waals surface area contributed by atoms with Crippen LogP contribution in [0.1, 0.15) is 43.4 Å². The Hall–Kier alpha value is -0.340. The number of thiophene rings is 1. The average molecular weight is 212 g/mol. The molecule has 0 saturated heterocycles. The van der Waals surface area contributed by atoms with Crippen LogP contribution < -0.4 is 0 Å². The second-order valence-corrected chi connectivity index (χ2v) is 5.54. The second-order valence-electron chi connectivity index (χ2n) is 4.25. The minimum Gasteiger partial charge on any atom is -0.384 e. The molecular formula is C12H20OS. The van der Waals surface area contributed by atoms with Crippen molar-refractivity contribution in [3.8, 4) is 0 Å². The third-order valence-corrected chi connectivity index (χ3v) is 4.15. The van der Waals surface area contributed by atoms with Crippen molar-refractivity contribution in [2.75, 3.05) is 0 Å². The number of rotatable bonds is 4. The molecule has 80 valence electrons. The van der Waals surface area contributed by atoms with Gasteiger partial charge in [0.05, 0.1) is 5.60 Å². The van der Waals surface area contributed by atoms with Gasteiger partial charge < -0.3 is 5.11 Å². The Labute approximate surface area is 90.8 Å². The van der Waals surface area contributed by atoms with Gasteiger partial charge in [-0.25, -0.2) is 0 Å². The number of hydrogen-bond acceptors (Lipinski definition) is 2. The quantitative estimate of drug-likeness (QED) is 0.807. The zero-order chi connectivity index (χ0) is 10.8. The van der Waals surface area contributed by atoms with Gasteiger partial charge >= 0.3 is 0 Å². The van der Waals surface area contributed by atoms with Crippen LogP contribution in [-0.2, 0) is 5.60 Å². The third kappa shape index (κ3) is 2.37. The Balaban J connectivity index is 2.83. The van der Waals surface area contributed by atoms with Gasteiger partial charge in [0.2, 0.25) is 0 Å². The Morgan fingerprint density at radius 1 is 1.50 bits per heavy atom. The fourth-order valence-corrected chi connectivity index (χ4v) is 2.69. The molecule has 1 aromatic heterocycles. The first-order chi connectivity index (χ1) is 6.48. The second kappa shape index (κ2) is 4.45. The molecule has 0 fully saturated rings. The maximum Gasteiger partial charge on any atom is 0.0985 e. The molecule has 0 amide bonds. The van der Waals surface area contributed by atoms with Crippen LogP contribution in [0.5, 0.6) is 0 Å². The first-order valence-electron chi connectivity index (χ1n) is 5.27. The first kappa shape index (κ1) is 11.7. The minimum absolute atomic E-state index is 0.325. The highest BCUT2D eigenvalue weighted by atomic mass is 32.1. The van der Waals surface area contributed by atoms with E-state index in [1.165, 1.54) is 4.88 Å². The van der Waals surface area contributed by atoms with E-state index in [9.17, 15) is 5.11 Å². The van der Waals surface area contributed by atoms with Gasteiger partial charge in [0.1, 0.15) is 0 Å². The van der Waals surface area contributed by atoms with Gasteiger partial charge in [-0.1, -0.05) is 20.3 Å². The summed E-state index contributed by atoms with van der Waals surface area (Å²) >= 11 is 1.70. The first-order valence-corrected chi connectivity index (χ1v) is 6.09. The summed E-state index contributed by atoms with van der Waals surface area (Å²) in [6, 6.07) is 4.12. The zero-order valence-electron chi connectivity index (χ0n) is 9.50. The number of aryl methyl sites for hydroxylation is 1. The van der Waals surface area contributed by atoms with Crippen molar-refractivity contribution in [2.45, 2.75) is 46.1 Å². The van der Waals surface area contributed by atoms with Crippen LogP contribution in [0.25, 0.3) is 0 Å². The molecule has 0 aliphatic rings. The lowest BCUT2D eigenvalue weighted by Gasteiger charge is -2.29. The summed E-state index contributed by atoms with van der Waals surface area (Å²) in [6.45, 7) is 8.29. The summed E-state index contributed by atoms with van der Waals surface area (Å²) in [6.07, 6.45) is 2.20. The van der Waals surface area contributed by atoms with Crippen LogP contribution in [0.15, 0.2) is 12.1 Å². The maximum absolute atomic E-state index is 10.4. The normalized spacial score (nSPS) is 17.8. The molecular weight excluding hydrogens is 192 g/mol. The molecule has 2 atom stereocenters. The summed E-state index contributed by atoms with van der Waals surface area (Å²) in [4.78, 5) is 2.36. The summed E-state index contributed by atoms with van der Waals surface area (Å²) < 4.78 is 0. The fourth-order valence-electron chi connectivity index (χ4n) is 1.66. The van der Waals surface area contributed by atoms with Crippen LogP contribution in [0.4, 0.5) is 0 Å². The highest BCUT2D eigenvalue weighted by Gasteiger charge is 2.30. The van der Waals surface area contributed by atoms with E-state index in [1.807, 2.05) is 13.0 Å². The molecule has 1 rings (SSSR count). The predicted molar refractivity (Wildman–Crippen MR) is 62.7 cm³/mol. The molecule has 2 unspecified atom stereocenters. The summed E-state index contributed by atoms with van der Waals surface area (Å²) in [5, 5.41) is 10.4. The van der Waals surface area contributed by atoms with Gasteiger partial charge in [-0.3, -0.25) is 0 Å². The van der Waals surface area contributed by atoms with E-state index in [2.05, 4.69) is 26.8 Å². The molecule has 0 saturated carbocycles. The van der Waals surface area contributed by atoms with Crippen LogP contribution in [0.3, 0.4) is 0 Å². The van der Waals surface area contributed by atoms with E-state index in [4.69, 9.17) is 0 Å². The van der Waals surface area contributed by atoms with Crippen molar-refractivity contribution < 1.29 is 5.11 Å². The van der Waals surface area contributed by atoms with Gasteiger partial charge in [-0.05, 0) is 38.3 Å². The Morgan fingerprint density at radius 2 is 2.14 bits per heavy atom. The minimum atomic E-state index is -0.658. The van der Waals surface area contributed by atoms with Crippen molar-refractivity contribution in [1.29, 1.82) is 0 Å². The molecule has 0 aliphatic heterocycles. The topological polar surface area (TPSA) is 20.2 Å². The standard InChI is InChI=1S/C12H20OS/c1-5-6-9(2)12(4,13)11-8-7-10(3)14-11/h7-9,13H,5-6H2,1-4H3. The molecule has 14 heavy (non-hydrogen) atoms. The molecule has 2 heteroatoms. The molecule has 1 nitrogen and oxygen atoms in total. The average Bonchev–Trinajstić information content (AvgIpc) is 2.52. The van der Waals surface area contributed by atoms with E-state index in [0.29, 0.717) is 5.92 Å². The van der Waals surface area contributed by atoms with Gasteiger partial charge in [-0.15, -0.1) is 11.3 Å².